The first kappa shape index (κ1) is 17.7. The van der Waals surface area contributed by atoms with Crippen molar-refractivity contribution in [1.82, 2.24) is 10.2 Å². The van der Waals surface area contributed by atoms with E-state index in [4.69, 9.17) is 4.74 Å². The highest BCUT2D eigenvalue weighted by molar-refractivity contribution is 5.84. The molecule has 3 rings (SSSR count). The molecule has 0 unspecified atom stereocenters. The SMILES string of the molecule is COc1ccccc1[C@@H]1CN(C(=O)C2(C)CCNCC2)C[C@H]1C(=O)O. The van der Waals surface area contributed by atoms with Gasteiger partial charge in [-0.15, -0.1) is 0 Å². The van der Waals surface area contributed by atoms with Gasteiger partial charge in [-0.25, -0.2) is 0 Å². The number of nitrogens with one attached hydrogen (secondary N) is 1. The molecular weight excluding hydrogens is 320 g/mol. The lowest BCUT2D eigenvalue weighted by atomic mass is 9.79. The summed E-state index contributed by atoms with van der Waals surface area (Å²) in [5.41, 5.74) is 0.465. The first-order chi connectivity index (χ1) is 12.0. The van der Waals surface area contributed by atoms with Crippen molar-refractivity contribution in [1.29, 1.82) is 0 Å². The summed E-state index contributed by atoms with van der Waals surface area (Å²) < 4.78 is 5.41. The number of likely N-dealkylation sites (tertiary alicyclic amines) is 1. The van der Waals surface area contributed by atoms with E-state index in [2.05, 4.69) is 5.32 Å². The van der Waals surface area contributed by atoms with Gasteiger partial charge in [0.2, 0.25) is 5.91 Å². The average Bonchev–Trinajstić information content (AvgIpc) is 3.07. The lowest BCUT2D eigenvalue weighted by molar-refractivity contribution is -0.143. The minimum Gasteiger partial charge on any atom is -0.496 e. The number of nitrogens with zero attached hydrogens (tertiary/aromatic N) is 1. The van der Waals surface area contributed by atoms with Crippen LogP contribution in [0, 0.1) is 11.3 Å². The Morgan fingerprint density at radius 1 is 1.24 bits per heavy atom. The van der Waals surface area contributed by atoms with Crippen molar-refractivity contribution in [2.24, 2.45) is 11.3 Å². The molecular formula is C19H26N2O4. The fraction of sp³-hybridized carbons (Fsp3) is 0.579. The van der Waals surface area contributed by atoms with Crippen LogP contribution in [0.1, 0.15) is 31.2 Å². The van der Waals surface area contributed by atoms with Gasteiger partial charge in [-0.05, 0) is 37.6 Å². The van der Waals surface area contributed by atoms with Gasteiger partial charge in [-0.3, -0.25) is 9.59 Å². The summed E-state index contributed by atoms with van der Waals surface area (Å²) in [7, 11) is 1.59. The van der Waals surface area contributed by atoms with Crippen molar-refractivity contribution in [2.75, 3.05) is 33.3 Å². The number of hydrogen-bond donors (Lipinski definition) is 2. The monoisotopic (exact) mass is 346 g/mol. The van der Waals surface area contributed by atoms with Crippen LogP contribution in [0.2, 0.25) is 0 Å². The van der Waals surface area contributed by atoms with Gasteiger partial charge in [0.15, 0.2) is 0 Å². The molecule has 0 saturated carbocycles. The summed E-state index contributed by atoms with van der Waals surface area (Å²) in [6.45, 7) is 4.35. The first-order valence-electron chi connectivity index (χ1n) is 8.82. The Labute approximate surface area is 148 Å². The maximum Gasteiger partial charge on any atom is 0.308 e. The zero-order valence-electron chi connectivity index (χ0n) is 14.8. The number of rotatable bonds is 4. The van der Waals surface area contributed by atoms with Gasteiger partial charge in [0.05, 0.1) is 13.0 Å². The van der Waals surface area contributed by atoms with Gasteiger partial charge in [-0.2, -0.15) is 0 Å². The van der Waals surface area contributed by atoms with E-state index in [1.165, 1.54) is 0 Å². The van der Waals surface area contributed by atoms with Crippen LogP contribution in [-0.4, -0.2) is 55.2 Å². The molecule has 0 aliphatic carbocycles. The number of carbonyl (C=O) groups excluding carboxylic acids is 1. The van der Waals surface area contributed by atoms with E-state index in [1.807, 2.05) is 31.2 Å². The minimum absolute atomic E-state index is 0.0812. The van der Waals surface area contributed by atoms with E-state index in [9.17, 15) is 14.7 Å². The highest BCUT2D eigenvalue weighted by Crippen LogP contribution is 2.40. The van der Waals surface area contributed by atoms with Gasteiger partial charge in [-0.1, -0.05) is 25.1 Å². The third-order valence-electron chi connectivity index (χ3n) is 5.69. The third kappa shape index (κ3) is 3.35. The Morgan fingerprint density at radius 3 is 2.56 bits per heavy atom. The van der Waals surface area contributed by atoms with E-state index in [-0.39, 0.29) is 18.4 Å². The topological polar surface area (TPSA) is 78.9 Å². The van der Waals surface area contributed by atoms with Crippen molar-refractivity contribution in [3.05, 3.63) is 29.8 Å². The molecule has 25 heavy (non-hydrogen) atoms. The number of methoxy groups -OCH3 is 1. The van der Waals surface area contributed by atoms with Crippen molar-refractivity contribution >= 4 is 11.9 Å². The molecule has 1 aromatic carbocycles. The molecule has 0 spiro atoms. The number of para-hydroxylation sites is 1. The van der Waals surface area contributed by atoms with E-state index in [0.29, 0.717) is 12.3 Å². The summed E-state index contributed by atoms with van der Waals surface area (Å²) in [5.74, 6) is -0.950. The van der Waals surface area contributed by atoms with Crippen LogP contribution in [0.4, 0.5) is 0 Å². The normalized spacial score (nSPS) is 25.6. The van der Waals surface area contributed by atoms with Crippen molar-refractivity contribution in [3.8, 4) is 5.75 Å². The summed E-state index contributed by atoms with van der Waals surface area (Å²) in [5, 5.41) is 13.0. The number of aliphatic carboxylic acids is 1. The van der Waals surface area contributed by atoms with E-state index in [1.54, 1.807) is 12.0 Å². The van der Waals surface area contributed by atoms with Crippen LogP contribution in [0.15, 0.2) is 24.3 Å². The van der Waals surface area contributed by atoms with E-state index >= 15 is 0 Å². The average molecular weight is 346 g/mol. The molecule has 0 bridgehead atoms. The molecule has 136 valence electrons. The van der Waals surface area contributed by atoms with Crippen molar-refractivity contribution in [3.63, 3.8) is 0 Å². The number of carboxylic acid groups (broad SMARTS) is 1. The molecule has 2 N–H and O–H groups in total. The molecule has 0 radical (unpaired) electrons. The summed E-state index contributed by atoms with van der Waals surface area (Å²) in [4.78, 5) is 26.7. The largest absolute Gasteiger partial charge is 0.496 e. The molecule has 2 atom stereocenters. The zero-order chi connectivity index (χ0) is 18.0. The fourth-order valence-electron chi connectivity index (χ4n) is 4.08. The second kappa shape index (κ2) is 7.04. The molecule has 6 heteroatoms. The van der Waals surface area contributed by atoms with Crippen molar-refractivity contribution < 1.29 is 19.4 Å². The molecule has 1 amide bonds. The highest BCUT2D eigenvalue weighted by Gasteiger charge is 2.46. The van der Waals surface area contributed by atoms with Crippen LogP contribution in [0.25, 0.3) is 0 Å². The summed E-state index contributed by atoms with van der Waals surface area (Å²) >= 11 is 0. The number of amides is 1. The second-order valence-corrected chi connectivity index (χ2v) is 7.31. The molecule has 2 aliphatic rings. The summed E-state index contributed by atoms with van der Waals surface area (Å²) in [6, 6.07) is 7.49. The summed E-state index contributed by atoms with van der Waals surface area (Å²) in [6.07, 6.45) is 1.58. The Kier molecular flexibility index (Phi) is 4.99. The first-order valence-corrected chi connectivity index (χ1v) is 8.82. The van der Waals surface area contributed by atoms with Crippen LogP contribution in [-0.2, 0) is 9.59 Å². The Morgan fingerprint density at radius 2 is 1.92 bits per heavy atom. The third-order valence-corrected chi connectivity index (χ3v) is 5.69. The van der Waals surface area contributed by atoms with Crippen LogP contribution in [0.3, 0.4) is 0 Å². The van der Waals surface area contributed by atoms with Crippen LogP contribution >= 0.6 is 0 Å². The molecule has 6 nitrogen and oxygen atoms in total. The van der Waals surface area contributed by atoms with Gasteiger partial charge >= 0.3 is 5.97 Å². The number of carboxylic acids is 1. The van der Waals surface area contributed by atoms with Gasteiger partial charge in [0.1, 0.15) is 5.75 Å². The molecule has 2 heterocycles. The van der Waals surface area contributed by atoms with Gasteiger partial charge in [0.25, 0.3) is 0 Å². The maximum atomic E-state index is 13.1. The fourth-order valence-corrected chi connectivity index (χ4v) is 4.08. The zero-order valence-corrected chi connectivity index (χ0v) is 14.8. The lowest BCUT2D eigenvalue weighted by Gasteiger charge is -2.36. The molecule has 2 aliphatic heterocycles. The van der Waals surface area contributed by atoms with Gasteiger partial charge in [0, 0.05) is 24.4 Å². The predicted molar refractivity (Wildman–Crippen MR) is 93.7 cm³/mol. The molecule has 1 aromatic rings. The Bertz CT molecular complexity index is 655. The number of hydrogen-bond acceptors (Lipinski definition) is 4. The molecule has 2 saturated heterocycles. The maximum absolute atomic E-state index is 13.1. The van der Waals surface area contributed by atoms with E-state index in [0.717, 1.165) is 31.5 Å². The van der Waals surface area contributed by atoms with Gasteiger partial charge < -0.3 is 20.1 Å². The number of benzene rings is 1. The standard InChI is InChI=1S/C19H26N2O4/c1-19(7-9-20-10-8-19)18(24)21-11-14(15(12-21)17(22)23)13-5-3-4-6-16(13)25-2/h3-6,14-15,20H,7-12H2,1-2H3,(H,22,23)/t14-,15+/m0/s1. The number of piperidine rings is 1. The quantitative estimate of drug-likeness (QED) is 0.868. The number of ether oxygens (including phenoxy) is 1. The highest BCUT2D eigenvalue weighted by atomic mass is 16.5. The second-order valence-electron chi connectivity index (χ2n) is 7.31. The van der Waals surface area contributed by atoms with Crippen molar-refractivity contribution in [2.45, 2.75) is 25.7 Å². The Hall–Kier alpha value is -2.08. The number of carbonyl (C=O) groups is 2. The minimum atomic E-state index is -0.860. The van der Waals surface area contributed by atoms with E-state index < -0.39 is 17.3 Å². The Balaban J connectivity index is 1.85. The van der Waals surface area contributed by atoms with Crippen LogP contribution in [0.5, 0.6) is 5.75 Å². The lowest BCUT2D eigenvalue weighted by Crippen LogP contribution is -2.47. The molecule has 0 aromatic heterocycles. The molecule has 2 fully saturated rings. The smallest absolute Gasteiger partial charge is 0.308 e. The van der Waals surface area contributed by atoms with Crippen LogP contribution < -0.4 is 10.1 Å². The predicted octanol–water partition coefficient (Wildman–Crippen LogP) is 1.71.